The highest BCUT2D eigenvalue weighted by atomic mass is 35.5. The number of halogens is 2. The Kier molecular flexibility index (Phi) is 5.30. The summed E-state index contributed by atoms with van der Waals surface area (Å²) < 4.78 is 0. The fourth-order valence-electron chi connectivity index (χ4n) is 4.37. The molecule has 0 radical (unpaired) electrons. The zero-order valence-electron chi connectivity index (χ0n) is 15.5. The molecule has 2 aliphatic heterocycles. The number of benzene rings is 2. The first-order chi connectivity index (χ1) is 13.0. The van der Waals surface area contributed by atoms with Crippen LogP contribution in [0.5, 0.6) is 0 Å². The minimum absolute atomic E-state index is 0.150. The molecule has 27 heavy (non-hydrogen) atoms. The molecule has 1 saturated heterocycles. The van der Waals surface area contributed by atoms with Crippen LogP contribution < -0.4 is 5.32 Å². The van der Waals surface area contributed by atoms with E-state index in [1.54, 1.807) is 12.1 Å². The van der Waals surface area contributed by atoms with Crippen molar-refractivity contribution in [1.29, 1.82) is 0 Å². The van der Waals surface area contributed by atoms with Crippen molar-refractivity contribution in [1.82, 2.24) is 10.2 Å². The quantitative estimate of drug-likeness (QED) is 0.811. The van der Waals surface area contributed by atoms with Crippen LogP contribution in [0.2, 0.25) is 10.0 Å². The third-order valence-corrected chi connectivity index (χ3v) is 6.65. The first-order valence-corrected chi connectivity index (χ1v) is 10.3. The van der Waals surface area contributed by atoms with Gasteiger partial charge in [0.05, 0.1) is 16.2 Å². The average molecular weight is 403 g/mol. The number of nitrogens with one attached hydrogen (secondary N) is 1. The lowest BCUT2D eigenvalue weighted by molar-refractivity contribution is -0.126. The maximum Gasteiger partial charge on any atom is 0.161 e. The highest BCUT2D eigenvalue weighted by molar-refractivity contribution is 6.42. The number of fused-ring (bicyclic) bond motifs is 1. The first kappa shape index (κ1) is 18.9. The number of Topliss-reactive ketones (excluding diaryl/α,β-unsaturated/α-hetero) is 1. The Hall–Kier alpha value is -1.39. The summed E-state index contributed by atoms with van der Waals surface area (Å²) >= 11 is 12.2. The maximum absolute atomic E-state index is 13.5. The monoisotopic (exact) mass is 402 g/mol. The molecule has 2 aliphatic rings. The fourth-order valence-corrected chi connectivity index (χ4v) is 4.69. The number of likely N-dealkylation sites (tertiary alicyclic amines) is 1. The minimum atomic E-state index is -0.714. The molecule has 0 unspecified atom stereocenters. The van der Waals surface area contributed by atoms with Crippen LogP contribution in [0.3, 0.4) is 0 Å². The van der Waals surface area contributed by atoms with Crippen molar-refractivity contribution < 1.29 is 4.79 Å². The number of carbonyl (C=O) groups is 1. The standard InChI is InChI=1S/C22H24Cl2N2O/c1-22(20(27)13-15-8-9-18(23)19(24)12-15)17-7-3-2-6-16(17)14-21(25-22)26-10-4-5-11-26/h2-3,6-9,12,21,25H,4-5,10-11,13-14H2,1H3/t21-,22+/m1/s1. The van der Waals surface area contributed by atoms with E-state index in [0.717, 1.165) is 30.6 Å². The van der Waals surface area contributed by atoms with E-state index < -0.39 is 5.54 Å². The van der Waals surface area contributed by atoms with E-state index in [9.17, 15) is 4.79 Å². The van der Waals surface area contributed by atoms with E-state index in [0.29, 0.717) is 16.5 Å². The van der Waals surface area contributed by atoms with Crippen LogP contribution in [0.25, 0.3) is 0 Å². The van der Waals surface area contributed by atoms with E-state index >= 15 is 0 Å². The van der Waals surface area contributed by atoms with Gasteiger partial charge in [-0.3, -0.25) is 15.0 Å². The SMILES string of the molecule is C[C@]1(C(=O)Cc2ccc(Cl)c(Cl)c2)N[C@H](N2CCCC2)Cc2ccccc21. The Bertz CT molecular complexity index is 863. The summed E-state index contributed by atoms with van der Waals surface area (Å²) in [5.41, 5.74) is 2.52. The van der Waals surface area contributed by atoms with E-state index in [1.807, 2.05) is 19.1 Å². The summed E-state index contributed by atoms with van der Waals surface area (Å²) in [5, 5.41) is 4.69. The van der Waals surface area contributed by atoms with Crippen molar-refractivity contribution in [3.63, 3.8) is 0 Å². The molecule has 2 aromatic rings. The highest BCUT2D eigenvalue weighted by Gasteiger charge is 2.43. The van der Waals surface area contributed by atoms with Gasteiger partial charge in [-0.25, -0.2) is 0 Å². The molecule has 0 bridgehead atoms. The number of ketones is 1. The predicted octanol–water partition coefficient (Wildman–Crippen LogP) is 4.59. The van der Waals surface area contributed by atoms with Gasteiger partial charge in [0.25, 0.3) is 0 Å². The molecule has 3 nitrogen and oxygen atoms in total. The number of rotatable bonds is 4. The Morgan fingerprint density at radius 2 is 1.89 bits per heavy atom. The van der Waals surface area contributed by atoms with Gasteiger partial charge in [0.15, 0.2) is 5.78 Å². The number of hydrogen-bond donors (Lipinski definition) is 1. The molecule has 5 heteroatoms. The van der Waals surface area contributed by atoms with Crippen molar-refractivity contribution in [3.8, 4) is 0 Å². The molecular formula is C22H24Cl2N2O. The first-order valence-electron chi connectivity index (χ1n) is 9.55. The molecule has 0 aromatic heterocycles. The van der Waals surface area contributed by atoms with Gasteiger partial charge in [0.1, 0.15) is 5.54 Å². The summed E-state index contributed by atoms with van der Waals surface area (Å²) in [6.45, 7) is 4.21. The fraction of sp³-hybridized carbons (Fsp3) is 0.409. The van der Waals surface area contributed by atoms with Crippen LogP contribution in [0.4, 0.5) is 0 Å². The normalized spacial score (nSPS) is 25.4. The van der Waals surface area contributed by atoms with Gasteiger partial charge in [-0.1, -0.05) is 53.5 Å². The van der Waals surface area contributed by atoms with E-state index in [2.05, 4.69) is 28.4 Å². The summed E-state index contributed by atoms with van der Waals surface area (Å²) in [6.07, 6.45) is 3.92. The van der Waals surface area contributed by atoms with Crippen molar-refractivity contribution in [3.05, 3.63) is 69.2 Å². The van der Waals surface area contributed by atoms with Gasteiger partial charge < -0.3 is 0 Å². The van der Waals surface area contributed by atoms with E-state index in [4.69, 9.17) is 23.2 Å². The molecule has 2 aromatic carbocycles. The second-order valence-electron chi connectivity index (χ2n) is 7.74. The second kappa shape index (κ2) is 7.56. The predicted molar refractivity (Wildman–Crippen MR) is 110 cm³/mol. The Balaban J connectivity index is 1.65. The maximum atomic E-state index is 13.5. The topological polar surface area (TPSA) is 32.3 Å². The summed E-state index contributed by atoms with van der Waals surface area (Å²) in [4.78, 5) is 15.9. The molecular weight excluding hydrogens is 379 g/mol. The molecule has 0 amide bonds. The molecule has 1 fully saturated rings. The van der Waals surface area contributed by atoms with E-state index in [-0.39, 0.29) is 11.9 Å². The zero-order chi connectivity index (χ0) is 19.0. The molecule has 2 heterocycles. The van der Waals surface area contributed by atoms with Crippen LogP contribution in [0.1, 0.15) is 36.5 Å². The van der Waals surface area contributed by atoms with Gasteiger partial charge in [0.2, 0.25) is 0 Å². The van der Waals surface area contributed by atoms with Crippen LogP contribution in [0.15, 0.2) is 42.5 Å². The van der Waals surface area contributed by atoms with Gasteiger partial charge in [-0.15, -0.1) is 0 Å². The molecule has 0 saturated carbocycles. The third-order valence-electron chi connectivity index (χ3n) is 5.91. The number of hydrogen-bond acceptors (Lipinski definition) is 3. The van der Waals surface area contributed by atoms with Crippen molar-refractivity contribution in [2.45, 2.75) is 44.3 Å². The minimum Gasteiger partial charge on any atom is -0.297 e. The average Bonchev–Trinajstić information content (AvgIpc) is 3.19. The van der Waals surface area contributed by atoms with E-state index in [1.165, 1.54) is 18.4 Å². The molecule has 2 atom stereocenters. The van der Waals surface area contributed by atoms with Crippen molar-refractivity contribution in [2.24, 2.45) is 0 Å². The third kappa shape index (κ3) is 3.66. The molecule has 0 spiro atoms. The largest absolute Gasteiger partial charge is 0.297 e. The number of carbonyl (C=O) groups excluding carboxylic acids is 1. The van der Waals surface area contributed by atoms with Gasteiger partial charge in [-0.2, -0.15) is 0 Å². The highest BCUT2D eigenvalue weighted by Crippen LogP contribution is 2.34. The Morgan fingerprint density at radius 1 is 1.15 bits per heavy atom. The second-order valence-corrected chi connectivity index (χ2v) is 8.55. The van der Waals surface area contributed by atoms with Crippen molar-refractivity contribution >= 4 is 29.0 Å². The molecule has 1 N–H and O–H groups in total. The van der Waals surface area contributed by atoms with Gasteiger partial charge in [0, 0.05) is 12.8 Å². The Labute approximate surface area is 170 Å². The molecule has 142 valence electrons. The lowest BCUT2D eigenvalue weighted by atomic mass is 9.78. The zero-order valence-corrected chi connectivity index (χ0v) is 17.0. The summed E-state index contributed by atoms with van der Waals surface area (Å²) in [5.74, 6) is 0.150. The Morgan fingerprint density at radius 3 is 2.63 bits per heavy atom. The summed E-state index contributed by atoms with van der Waals surface area (Å²) in [7, 11) is 0. The lowest BCUT2D eigenvalue weighted by Crippen LogP contribution is -2.60. The van der Waals surface area contributed by atoms with Crippen LogP contribution in [-0.4, -0.2) is 29.9 Å². The van der Waals surface area contributed by atoms with Crippen molar-refractivity contribution in [2.75, 3.05) is 13.1 Å². The smallest absolute Gasteiger partial charge is 0.161 e. The van der Waals surface area contributed by atoms with Crippen LogP contribution in [-0.2, 0) is 23.2 Å². The van der Waals surface area contributed by atoms with Gasteiger partial charge >= 0.3 is 0 Å². The summed E-state index contributed by atoms with van der Waals surface area (Å²) in [6, 6.07) is 13.7. The molecule has 0 aliphatic carbocycles. The molecule has 4 rings (SSSR count). The van der Waals surface area contributed by atoms with Gasteiger partial charge in [-0.05, 0) is 61.7 Å². The van der Waals surface area contributed by atoms with Crippen LogP contribution in [0, 0.1) is 0 Å². The number of nitrogens with zero attached hydrogens (tertiary/aromatic N) is 1. The lowest BCUT2D eigenvalue weighted by Gasteiger charge is -2.43. The van der Waals surface area contributed by atoms with Crippen LogP contribution >= 0.6 is 23.2 Å².